The molecule has 6 heteroatoms. The molecule has 0 spiro atoms. The zero-order chi connectivity index (χ0) is 17.6. The van der Waals surface area contributed by atoms with E-state index in [4.69, 9.17) is 13.9 Å². The normalized spacial score (nSPS) is 12.0. The van der Waals surface area contributed by atoms with Gasteiger partial charge in [0.25, 0.3) is 0 Å². The van der Waals surface area contributed by atoms with E-state index in [0.29, 0.717) is 11.6 Å². The molecule has 0 aliphatic heterocycles. The minimum absolute atomic E-state index is 0.144. The van der Waals surface area contributed by atoms with Gasteiger partial charge in [0, 0.05) is 5.56 Å². The van der Waals surface area contributed by atoms with Crippen molar-refractivity contribution in [3.63, 3.8) is 0 Å². The molecular weight excluding hydrogens is 320 g/mol. The summed E-state index contributed by atoms with van der Waals surface area (Å²) in [5.41, 5.74) is 2.90. The minimum Gasteiger partial charge on any atom is -0.491 e. The van der Waals surface area contributed by atoms with E-state index in [0.717, 1.165) is 22.4 Å². The van der Waals surface area contributed by atoms with Gasteiger partial charge in [-0.25, -0.2) is 0 Å². The number of aliphatic hydroxyl groups is 1. The van der Waals surface area contributed by atoms with Crippen molar-refractivity contribution in [1.82, 2.24) is 10.2 Å². The van der Waals surface area contributed by atoms with Crippen molar-refractivity contribution in [2.24, 2.45) is 0 Å². The maximum Gasteiger partial charge on any atom is 0.247 e. The Morgan fingerprint density at radius 3 is 2.32 bits per heavy atom. The van der Waals surface area contributed by atoms with Gasteiger partial charge in [-0.3, -0.25) is 0 Å². The number of hydrogen-bond donors (Lipinski definition) is 1. The Labute approximate surface area is 146 Å². The average molecular weight is 340 g/mol. The monoisotopic (exact) mass is 340 g/mol. The highest BCUT2D eigenvalue weighted by atomic mass is 16.5. The molecule has 0 saturated carbocycles. The van der Waals surface area contributed by atoms with Gasteiger partial charge in [0.2, 0.25) is 12.3 Å². The molecule has 130 valence electrons. The van der Waals surface area contributed by atoms with E-state index in [1.54, 1.807) is 12.1 Å². The van der Waals surface area contributed by atoms with Crippen molar-refractivity contribution in [3.05, 3.63) is 60.0 Å². The summed E-state index contributed by atoms with van der Waals surface area (Å²) in [7, 11) is 0. The van der Waals surface area contributed by atoms with Crippen LogP contribution in [0.25, 0.3) is 11.5 Å². The summed E-state index contributed by atoms with van der Waals surface area (Å²) in [5, 5.41) is 17.6. The van der Waals surface area contributed by atoms with Gasteiger partial charge < -0.3 is 19.0 Å². The van der Waals surface area contributed by atoms with Crippen LogP contribution in [0.15, 0.2) is 53.3 Å². The fourth-order valence-corrected chi connectivity index (χ4v) is 2.44. The molecule has 0 radical (unpaired) electrons. The molecule has 0 aliphatic carbocycles. The van der Waals surface area contributed by atoms with Crippen molar-refractivity contribution < 1.29 is 19.0 Å². The van der Waals surface area contributed by atoms with Crippen LogP contribution in [0.5, 0.6) is 11.5 Å². The van der Waals surface area contributed by atoms with Crippen molar-refractivity contribution in [3.8, 4) is 23.0 Å². The molecule has 0 aliphatic rings. The highest BCUT2D eigenvalue weighted by Gasteiger charge is 2.10. The molecule has 0 saturated heterocycles. The molecule has 2 aromatic carbocycles. The zero-order valence-electron chi connectivity index (χ0n) is 14.2. The third-order valence-electron chi connectivity index (χ3n) is 3.73. The topological polar surface area (TPSA) is 77.6 Å². The number of aromatic nitrogens is 2. The fourth-order valence-electron chi connectivity index (χ4n) is 2.44. The van der Waals surface area contributed by atoms with Gasteiger partial charge in [-0.15, -0.1) is 10.2 Å². The number of aliphatic hydroxyl groups excluding tert-OH is 1. The van der Waals surface area contributed by atoms with E-state index >= 15 is 0 Å². The summed E-state index contributed by atoms with van der Waals surface area (Å²) in [6, 6.07) is 13.2. The molecular formula is C19H20N2O4. The molecule has 6 nitrogen and oxygen atoms in total. The summed E-state index contributed by atoms with van der Waals surface area (Å²) in [5.74, 6) is 1.91. The van der Waals surface area contributed by atoms with E-state index in [-0.39, 0.29) is 13.2 Å². The van der Waals surface area contributed by atoms with E-state index in [2.05, 4.69) is 10.2 Å². The Morgan fingerprint density at radius 1 is 1.00 bits per heavy atom. The van der Waals surface area contributed by atoms with E-state index in [9.17, 15) is 5.11 Å². The van der Waals surface area contributed by atoms with Crippen LogP contribution in [0, 0.1) is 13.8 Å². The van der Waals surface area contributed by atoms with Gasteiger partial charge >= 0.3 is 0 Å². The number of nitrogens with zero attached hydrogens (tertiary/aromatic N) is 2. The van der Waals surface area contributed by atoms with Crippen molar-refractivity contribution in [2.45, 2.75) is 20.0 Å². The van der Waals surface area contributed by atoms with E-state index < -0.39 is 6.10 Å². The first kappa shape index (κ1) is 17.0. The number of benzene rings is 2. The van der Waals surface area contributed by atoms with Crippen molar-refractivity contribution >= 4 is 0 Å². The first-order valence-corrected chi connectivity index (χ1v) is 8.00. The predicted octanol–water partition coefficient (Wildman–Crippen LogP) is 3.17. The van der Waals surface area contributed by atoms with Crippen LogP contribution in [-0.2, 0) is 0 Å². The van der Waals surface area contributed by atoms with Crippen LogP contribution in [0.2, 0.25) is 0 Å². The van der Waals surface area contributed by atoms with Crippen LogP contribution in [0.3, 0.4) is 0 Å². The Morgan fingerprint density at radius 2 is 1.68 bits per heavy atom. The van der Waals surface area contributed by atoms with Crippen LogP contribution in [0.4, 0.5) is 0 Å². The molecule has 0 amide bonds. The van der Waals surface area contributed by atoms with Crippen molar-refractivity contribution in [1.29, 1.82) is 0 Å². The average Bonchev–Trinajstić information content (AvgIpc) is 3.14. The Bertz CT molecular complexity index is 781. The first-order valence-electron chi connectivity index (χ1n) is 8.00. The summed E-state index contributed by atoms with van der Waals surface area (Å²) in [6.07, 6.45) is 0.557. The molecule has 1 unspecified atom stereocenters. The van der Waals surface area contributed by atoms with Gasteiger partial charge in [-0.1, -0.05) is 18.2 Å². The number of para-hydroxylation sites is 1. The van der Waals surface area contributed by atoms with Crippen LogP contribution in [0.1, 0.15) is 11.1 Å². The van der Waals surface area contributed by atoms with Crippen LogP contribution >= 0.6 is 0 Å². The summed E-state index contributed by atoms with van der Waals surface area (Å²) in [6.45, 7) is 4.28. The maximum atomic E-state index is 10.1. The standard InChI is InChI=1S/C19H20N2O4/c1-13-4-3-5-14(2)18(13)24-11-16(22)10-23-17-8-6-15(7-9-17)19-21-20-12-25-19/h3-9,12,16,22H,10-11H2,1-2H3. The summed E-state index contributed by atoms with van der Waals surface area (Å²) >= 11 is 0. The number of hydrogen-bond acceptors (Lipinski definition) is 6. The molecule has 1 aromatic heterocycles. The number of ether oxygens (including phenoxy) is 2. The second kappa shape index (κ2) is 7.81. The Hall–Kier alpha value is -2.86. The van der Waals surface area contributed by atoms with Crippen molar-refractivity contribution in [2.75, 3.05) is 13.2 Å². The molecule has 3 aromatic rings. The molecule has 3 rings (SSSR count). The minimum atomic E-state index is -0.727. The third kappa shape index (κ3) is 4.36. The highest BCUT2D eigenvalue weighted by molar-refractivity contribution is 5.53. The second-order valence-corrected chi connectivity index (χ2v) is 5.77. The lowest BCUT2D eigenvalue weighted by molar-refractivity contribution is 0.0622. The fraction of sp³-hybridized carbons (Fsp3) is 0.263. The molecule has 0 fully saturated rings. The molecule has 25 heavy (non-hydrogen) atoms. The van der Waals surface area contributed by atoms with Gasteiger partial charge in [-0.2, -0.15) is 0 Å². The van der Waals surface area contributed by atoms with E-state index in [1.165, 1.54) is 6.39 Å². The van der Waals surface area contributed by atoms with Gasteiger partial charge in [0.1, 0.15) is 30.8 Å². The van der Waals surface area contributed by atoms with Gasteiger partial charge in [0.15, 0.2) is 0 Å². The Kier molecular flexibility index (Phi) is 5.30. The summed E-state index contributed by atoms with van der Waals surface area (Å²) in [4.78, 5) is 0. The molecule has 1 N–H and O–H groups in total. The summed E-state index contributed by atoms with van der Waals surface area (Å²) < 4.78 is 16.5. The predicted molar refractivity (Wildman–Crippen MR) is 92.6 cm³/mol. The van der Waals surface area contributed by atoms with E-state index in [1.807, 2.05) is 44.2 Å². The quantitative estimate of drug-likeness (QED) is 0.712. The Balaban J connectivity index is 1.50. The second-order valence-electron chi connectivity index (χ2n) is 5.77. The van der Waals surface area contributed by atoms with Gasteiger partial charge in [0.05, 0.1) is 0 Å². The number of rotatable bonds is 7. The molecule has 1 atom stereocenters. The largest absolute Gasteiger partial charge is 0.491 e. The maximum absolute atomic E-state index is 10.1. The molecule has 1 heterocycles. The lowest BCUT2D eigenvalue weighted by Crippen LogP contribution is -2.25. The third-order valence-corrected chi connectivity index (χ3v) is 3.73. The number of aryl methyl sites for hydroxylation is 2. The van der Waals surface area contributed by atoms with Crippen LogP contribution < -0.4 is 9.47 Å². The highest BCUT2D eigenvalue weighted by Crippen LogP contribution is 2.23. The zero-order valence-corrected chi connectivity index (χ0v) is 14.2. The smallest absolute Gasteiger partial charge is 0.247 e. The lowest BCUT2D eigenvalue weighted by Gasteiger charge is -2.16. The van der Waals surface area contributed by atoms with Gasteiger partial charge in [-0.05, 0) is 49.2 Å². The lowest BCUT2D eigenvalue weighted by atomic mass is 10.1. The van der Waals surface area contributed by atoms with Crippen LogP contribution in [-0.4, -0.2) is 34.6 Å². The SMILES string of the molecule is Cc1cccc(C)c1OCC(O)COc1ccc(-c2nnco2)cc1. The molecule has 0 bridgehead atoms. The first-order chi connectivity index (χ1) is 12.1.